The van der Waals surface area contributed by atoms with E-state index in [-0.39, 0.29) is 54.7 Å². The second-order valence-electron chi connectivity index (χ2n) is 16.1. The number of anilines is 1. The van der Waals surface area contributed by atoms with Crippen LogP contribution in [0.2, 0.25) is 0 Å². The maximum Gasteiger partial charge on any atom is 0.422 e. The Balaban J connectivity index is 1.29. The normalized spacial score (nSPS) is 18.4. The molecule has 2 aromatic carbocycles. The number of carbonyl (C=O) groups excluding carboxylic acids is 1. The van der Waals surface area contributed by atoms with Crippen molar-refractivity contribution in [2.75, 3.05) is 57.3 Å². The van der Waals surface area contributed by atoms with Crippen LogP contribution in [0.15, 0.2) is 31.0 Å². The van der Waals surface area contributed by atoms with E-state index >= 15 is 0 Å². The van der Waals surface area contributed by atoms with Gasteiger partial charge in [0.1, 0.15) is 23.0 Å². The largest absolute Gasteiger partial charge is 0.481 e. The number of benzene rings is 2. The number of hydrogen-bond donors (Lipinski definition) is 1. The Labute approximate surface area is 320 Å². The lowest BCUT2D eigenvalue weighted by atomic mass is 9.72. The molecule has 1 spiro atoms. The third kappa shape index (κ3) is 8.47. The summed E-state index contributed by atoms with van der Waals surface area (Å²) in [6.07, 6.45) is -4.81. The number of aryl methyl sites for hydroxylation is 1. The molecule has 1 N–H and O–H groups in total. The molecule has 0 aliphatic carbocycles. The number of amides is 1. The predicted molar refractivity (Wildman–Crippen MR) is 199 cm³/mol. The van der Waals surface area contributed by atoms with Crippen molar-refractivity contribution in [2.45, 2.75) is 77.4 Å². The molecule has 302 valence electrons. The van der Waals surface area contributed by atoms with Crippen molar-refractivity contribution in [1.82, 2.24) is 30.0 Å². The summed E-state index contributed by atoms with van der Waals surface area (Å²) >= 11 is 0. The molecule has 17 heteroatoms. The Morgan fingerprint density at radius 2 is 1.68 bits per heavy atom. The molecule has 0 unspecified atom stereocenters. The van der Waals surface area contributed by atoms with Gasteiger partial charge in [0.25, 0.3) is 0 Å². The molecule has 1 amide bonds. The Bertz CT molecular complexity index is 2110. The van der Waals surface area contributed by atoms with Gasteiger partial charge >= 0.3 is 24.5 Å². The van der Waals surface area contributed by atoms with Gasteiger partial charge in [-0.3, -0.25) is 10.00 Å². The fourth-order valence-corrected chi connectivity index (χ4v) is 8.00. The number of ether oxygens (including phenoxy) is 3. The Morgan fingerprint density at radius 1 is 0.982 bits per heavy atom. The van der Waals surface area contributed by atoms with E-state index in [9.17, 15) is 31.1 Å². The van der Waals surface area contributed by atoms with E-state index in [1.165, 1.54) is 4.90 Å². The fourth-order valence-electron chi connectivity index (χ4n) is 8.00. The van der Waals surface area contributed by atoms with Gasteiger partial charge < -0.3 is 24.0 Å². The first kappa shape index (κ1) is 39.4. The average Bonchev–Trinajstić information content (AvgIpc) is 3.57. The number of halogens is 6. The lowest BCUT2D eigenvalue weighted by Gasteiger charge is -2.53. The zero-order chi connectivity index (χ0) is 40.2. The summed E-state index contributed by atoms with van der Waals surface area (Å²) < 4.78 is 98.8. The smallest absolute Gasteiger partial charge is 0.422 e. The predicted octanol–water partition coefficient (Wildman–Crippen LogP) is 8.31. The first-order chi connectivity index (χ1) is 26.3. The number of nitrogens with one attached hydrogen (secondary N) is 1. The number of likely N-dealkylation sites (tertiary alicyclic amines) is 2. The summed E-state index contributed by atoms with van der Waals surface area (Å²) in [5.74, 6) is 0.280. The standard InChI is InChI=1S/C39H45F6N7O4/c1-6-24-17-26-31(32(54-22-39(43,44)45)30(24)29-23(2)7-8-28-27(29)18-46-49-28)47-34(55-25-9-13-50(14-10-25)21-38(40,41)42)48-33(26)51-15-11-37(12-16-51)19-52(20-37)35(53)56-36(3,4)5/h6-8,17-18,25H,1,9-16,19-22H2,2-5H3,(H,46,49). The fraction of sp³-hybridized carbons (Fsp3) is 0.538. The van der Waals surface area contributed by atoms with Crippen LogP contribution in [-0.4, -0.2) is 113 Å². The van der Waals surface area contributed by atoms with Gasteiger partial charge in [-0.15, -0.1) is 0 Å². The van der Waals surface area contributed by atoms with Crippen molar-refractivity contribution in [3.8, 4) is 22.9 Å². The van der Waals surface area contributed by atoms with Crippen LogP contribution in [0.3, 0.4) is 0 Å². The first-order valence-corrected chi connectivity index (χ1v) is 18.6. The van der Waals surface area contributed by atoms with Gasteiger partial charge in [-0.1, -0.05) is 18.7 Å². The SMILES string of the molecule is C=Cc1cc2c(N3CCC4(CC3)CN(C(=O)OC(C)(C)C)C4)nc(OC3CCN(CC(F)(F)F)CC3)nc2c(OCC(F)(F)F)c1-c1c(C)ccc2[nH]ncc12. The lowest BCUT2D eigenvalue weighted by molar-refractivity contribution is -0.153. The quantitative estimate of drug-likeness (QED) is 0.177. The van der Waals surface area contributed by atoms with Crippen molar-refractivity contribution in [1.29, 1.82) is 0 Å². The molecular weight excluding hydrogens is 744 g/mol. The highest BCUT2D eigenvalue weighted by atomic mass is 19.4. The molecule has 3 saturated heterocycles. The highest BCUT2D eigenvalue weighted by molar-refractivity contribution is 6.07. The van der Waals surface area contributed by atoms with Crippen molar-refractivity contribution in [3.63, 3.8) is 0 Å². The number of fused-ring (bicyclic) bond motifs is 2. The number of piperidine rings is 2. The van der Waals surface area contributed by atoms with E-state index in [1.54, 1.807) is 23.2 Å². The van der Waals surface area contributed by atoms with Crippen LogP contribution in [0.25, 0.3) is 39.0 Å². The molecule has 3 fully saturated rings. The highest BCUT2D eigenvalue weighted by Gasteiger charge is 2.48. The molecular formula is C39H45F6N7O4. The molecule has 2 aromatic heterocycles. The minimum atomic E-state index is -4.69. The number of alkyl halides is 6. The van der Waals surface area contributed by atoms with Crippen LogP contribution >= 0.6 is 0 Å². The Kier molecular flexibility index (Phi) is 10.3. The minimum Gasteiger partial charge on any atom is -0.481 e. The topological polar surface area (TPSA) is 109 Å². The number of aromatic nitrogens is 4. The Morgan fingerprint density at radius 3 is 2.30 bits per heavy atom. The molecule has 4 aromatic rings. The second-order valence-corrected chi connectivity index (χ2v) is 16.1. The maximum atomic E-state index is 14.0. The molecule has 5 heterocycles. The van der Waals surface area contributed by atoms with E-state index in [0.29, 0.717) is 77.8 Å². The number of rotatable bonds is 8. The molecule has 3 aliphatic rings. The van der Waals surface area contributed by atoms with Crippen molar-refractivity contribution in [2.24, 2.45) is 5.41 Å². The van der Waals surface area contributed by atoms with Crippen molar-refractivity contribution in [3.05, 3.63) is 42.1 Å². The zero-order valence-corrected chi connectivity index (χ0v) is 31.7. The molecule has 7 rings (SSSR count). The van der Waals surface area contributed by atoms with Gasteiger partial charge in [-0.05, 0) is 82.2 Å². The van der Waals surface area contributed by atoms with E-state index < -0.39 is 37.2 Å². The third-order valence-electron chi connectivity index (χ3n) is 10.7. The molecule has 0 saturated carbocycles. The highest BCUT2D eigenvalue weighted by Crippen LogP contribution is 2.48. The van der Waals surface area contributed by atoms with E-state index in [4.69, 9.17) is 24.2 Å². The van der Waals surface area contributed by atoms with E-state index in [0.717, 1.165) is 5.56 Å². The monoisotopic (exact) mass is 789 g/mol. The van der Waals surface area contributed by atoms with E-state index in [2.05, 4.69) is 16.8 Å². The van der Waals surface area contributed by atoms with Crippen LogP contribution < -0.4 is 14.4 Å². The van der Waals surface area contributed by atoms with Crippen LogP contribution in [0, 0.1) is 12.3 Å². The van der Waals surface area contributed by atoms with Gasteiger partial charge in [-0.2, -0.15) is 41.4 Å². The van der Waals surface area contributed by atoms with Gasteiger partial charge in [-0.25, -0.2) is 4.79 Å². The second kappa shape index (κ2) is 14.6. The number of aromatic amines is 1. The van der Waals surface area contributed by atoms with E-state index in [1.807, 2.05) is 44.7 Å². The average molecular weight is 790 g/mol. The number of carbonyl (C=O) groups is 1. The first-order valence-electron chi connectivity index (χ1n) is 18.6. The third-order valence-corrected chi connectivity index (χ3v) is 10.7. The molecule has 3 aliphatic heterocycles. The number of hydrogen-bond acceptors (Lipinski definition) is 9. The molecule has 0 atom stereocenters. The van der Waals surface area contributed by atoms with Crippen LogP contribution in [0.5, 0.6) is 11.8 Å². The van der Waals surface area contributed by atoms with Gasteiger partial charge in [0.15, 0.2) is 12.4 Å². The van der Waals surface area contributed by atoms with Crippen LogP contribution in [-0.2, 0) is 4.74 Å². The van der Waals surface area contributed by atoms with Gasteiger partial charge in [0.2, 0.25) is 0 Å². The molecule has 0 radical (unpaired) electrons. The molecule has 11 nitrogen and oxygen atoms in total. The van der Waals surface area contributed by atoms with Gasteiger partial charge in [0.05, 0.1) is 18.3 Å². The van der Waals surface area contributed by atoms with Crippen LogP contribution in [0.4, 0.5) is 37.0 Å². The summed E-state index contributed by atoms with van der Waals surface area (Å²) in [6, 6.07) is 5.34. The minimum absolute atomic E-state index is 0.0873. The zero-order valence-electron chi connectivity index (χ0n) is 31.7. The van der Waals surface area contributed by atoms with Crippen molar-refractivity contribution >= 4 is 39.8 Å². The number of nitrogens with zero attached hydrogens (tertiary/aromatic N) is 6. The summed E-state index contributed by atoms with van der Waals surface area (Å²) in [4.78, 5) is 27.3. The maximum absolute atomic E-state index is 14.0. The summed E-state index contributed by atoms with van der Waals surface area (Å²) in [7, 11) is 0. The van der Waals surface area contributed by atoms with Crippen LogP contribution in [0.1, 0.15) is 57.6 Å². The Hall–Kier alpha value is -4.80. The van der Waals surface area contributed by atoms with Crippen molar-refractivity contribution < 1.29 is 45.3 Å². The lowest BCUT2D eigenvalue weighted by Crippen LogP contribution is -2.62. The molecule has 56 heavy (non-hydrogen) atoms. The summed E-state index contributed by atoms with van der Waals surface area (Å²) in [5.41, 5.74) is 2.17. The summed E-state index contributed by atoms with van der Waals surface area (Å²) in [5, 5.41) is 8.17. The molecule has 0 bridgehead atoms. The summed E-state index contributed by atoms with van der Waals surface area (Å²) in [6.45, 7) is 11.1. The number of H-pyrrole nitrogens is 1. The van der Waals surface area contributed by atoms with Gasteiger partial charge in [0, 0.05) is 61.0 Å².